The van der Waals surface area contributed by atoms with E-state index in [4.69, 9.17) is 9.47 Å². The molecule has 2 aromatic heterocycles. The van der Waals surface area contributed by atoms with Crippen molar-refractivity contribution in [1.82, 2.24) is 14.0 Å². The van der Waals surface area contributed by atoms with Crippen molar-refractivity contribution >= 4 is 33.4 Å². The standard InChI is InChI=1S/C20H25N3O7S/c1-20(2)8-12-13(11-30-20)31-18-16(12)17(26)22(10-15(25)28-3)19(27)23(18)9-14(24)21-4-6-29-7-5-21/h4-11H2,1-3H3. The maximum absolute atomic E-state index is 13.3. The van der Waals surface area contributed by atoms with Crippen LogP contribution in [0.4, 0.5) is 0 Å². The predicted molar refractivity (Wildman–Crippen MR) is 112 cm³/mol. The topological polar surface area (TPSA) is 109 Å². The van der Waals surface area contributed by atoms with Gasteiger partial charge in [-0.2, -0.15) is 0 Å². The van der Waals surface area contributed by atoms with Gasteiger partial charge in [0.2, 0.25) is 5.91 Å². The van der Waals surface area contributed by atoms with Crippen molar-refractivity contribution in [2.75, 3.05) is 33.4 Å². The van der Waals surface area contributed by atoms with Crippen LogP contribution in [0, 0.1) is 0 Å². The number of hydrogen-bond donors (Lipinski definition) is 0. The van der Waals surface area contributed by atoms with E-state index in [1.54, 1.807) is 4.90 Å². The van der Waals surface area contributed by atoms with Gasteiger partial charge in [-0.3, -0.25) is 19.0 Å². The fourth-order valence-electron chi connectivity index (χ4n) is 3.92. The largest absolute Gasteiger partial charge is 0.468 e. The summed E-state index contributed by atoms with van der Waals surface area (Å²) in [6.07, 6.45) is 0.491. The van der Waals surface area contributed by atoms with Crippen molar-refractivity contribution in [3.8, 4) is 0 Å². The van der Waals surface area contributed by atoms with Crippen molar-refractivity contribution in [1.29, 1.82) is 0 Å². The van der Waals surface area contributed by atoms with Crippen LogP contribution < -0.4 is 11.2 Å². The fraction of sp³-hybridized carbons (Fsp3) is 0.600. The summed E-state index contributed by atoms with van der Waals surface area (Å²) < 4.78 is 18.0. The van der Waals surface area contributed by atoms with E-state index in [0.29, 0.717) is 49.5 Å². The molecule has 1 fully saturated rings. The van der Waals surface area contributed by atoms with E-state index in [0.717, 1.165) is 15.0 Å². The van der Waals surface area contributed by atoms with Crippen LogP contribution in [0.15, 0.2) is 9.59 Å². The molecule has 1 amide bonds. The van der Waals surface area contributed by atoms with Crippen LogP contribution in [0.25, 0.3) is 10.2 Å². The van der Waals surface area contributed by atoms with E-state index < -0.39 is 29.4 Å². The summed E-state index contributed by atoms with van der Waals surface area (Å²) in [6.45, 7) is 5.23. The average Bonchev–Trinajstić information content (AvgIpc) is 3.11. The number of amides is 1. The van der Waals surface area contributed by atoms with Crippen LogP contribution in [0.3, 0.4) is 0 Å². The van der Waals surface area contributed by atoms with Gasteiger partial charge in [-0.25, -0.2) is 9.36 Å². The smallest absolute Gasteiger partial charge is 0.333 e. The van der Waals surface area contributed by atoms with E-state index in [2.05, 4.69) is 4.74 Å². The number of carbonyl (C=O) groups excluding carboxylic acids is 2. The molecule has 4 heterocycles. The lowest BCUT2D eigenvalue weighted by Gasteiger charge is -2.30. The highest BCUT2D eigenvalue weighted by atomic mass is 32.1. The highest BCUT2D eigenvalue weighted by molar-refractivity contribution is 7.18. The van der Waals surface area contributed by atoms with Crippen molar-refractivity contribution in [3.63, 3.8) is 0 Å². The summed E-state index contributed by atoms with van der Waals surface area (Å²) in [5.74, 6) is -0.949. The van der Waals surface area contributed by atoms with Crippen molar-refractivity contribution in [3.05, 3.63) is 31.3 Å². The van der Waals surface area contributed by atoms with E-state index in [1.807, 2.05) is 13.8 Å². The molecule has 0 N–H and O–H groups in total. The number of thiophene rings is 1. The Balaban J connectivity index is 1.88. The number of methoxy groups -OCH3 is 1. The van der Waals surface area contributed by atoms with Crippen LogP contribution in [-0.2, 0) is 49.9 Å². The van der Waals surface area contributed by atoms with Crippen LogP contribution in [-0.4, -0.2) is 64.9 Å². The minimum Gasteiger partial charge on any atom is -0.468 e. The number of nitrogens with zero attached hydrogens (tertiary/aromatic N) is 3. The Morgan fingerprint density at radius 2 is 1.84 bits per heavy atom. The third-order valence-corrected chi connectivity index (χ3v) is 6.84. The lowest BCUT2D eigenvalue weighted by molar-refractivity contribution is -0.141. The molecule has 4 rings (SSSR count). The zero-order valence-corrected chi connectivity index (χ0v) is 18.6. The minimum absolute atomic E-state index is 0.222. The molecule has 11 heteroatoms. The van der Waals surface area contributed by atoms with Gasteiger partial charge in [-0.1, -0.05) is 0 Å². The van der Waals surface area contributed by atoms with Gasteiger partial charge in [0.1, 0.15) is 17.9 Å². The summed E-state index contributed by atoms with van der Waals surface area (Å²) in [5.41, 5.74) is -0.906. The Morgan fingerprint density at radius 1 is 1.13 bits per heavy atom. The van der Waals surface area contributed by atoms with E-state index >= 15 is 0 Å². The second kappa shape index (κ2) is 8.21. The van der Waals surface area contributed by atoms with Gasteiger partial charge in [0.25, 0.3) is 5.56 Å². The molecule has 2 aromatic rings. The summed E-state index contributed by atoms with van der Waals surface area (Å²) >= 11 is 1.29. The van der Waals surface area contributed by atoms with Crippen LogP contribution in [0.2, 0.25) is 0 Å². The molecule has 10 nitrogen and oxygen atoms in total. The second-order valence-electron chi connectivity index (χ2n) is 8.24. The van der Waals surface area contributed by atoms with Gasteiger partial charge in [0.15, 0.2) is 0 Å². The molecule has 0 radical (unpaired) electrons. The maximum Gasteiger partial charge on any atom is 0.333 e. The number of ether oxygens (including phenoxy) is 3. The van der Waals surface area contributed by atoms with Crippen LogP contribution in [0.1, 0.15) is 24.3 Å². The Hall–Kier alpha value is -2.50. The fourth-order valence-corrected chi connectivity index (χ4v) is 5.14. The van der Waals surface area contributed by atoms with E-state index in [-0.39, 0.29) is 12.5 Å². The van der Waals surface area contributed by atoms with Gasteiger partial charge >= 0.3 is 11.7 Å². The number of esters is 1. The molecule has 0 aromatic carbocycles. The predicted octanol–water partition coefficient (Wildman–Crippen LogP) is 0.108. The summed E-state index contributed by atoms with van der Waals surface area (Å²) in [4.78, 5) is 54.2. The summed E-state index contributed by atoms with van der Waals surface area (Å²) in [6, 6.07) is 0. The Morgan fingerprint density at radius 3 is 2.52 bits per heavy atom. The number of morpholine rings is 1. The van der Waals surface area contributed by atoms with Crippen molar-refractivity contribution < 1.29 is 23.8 Å². The normalized spacial score (nSPS) is 18.1. The molecule has 2 aliphatic rings. The first kappa shape index (κ1) is 21.7. The highest BCUT2D eigenvalue weighted by Crippen LogP contribution is 2.37. The lowest BCUT2D eigenvalue weighted by atomic mass is 9.94. The zero-order chi connectivity index (χ0) is 22.3. The Labute approximate surface area is 181 Å². The quantitative estimate of drug-likeness (QED) is 0.607. The van der Waals surface area contributed by atoms with Gasteiger partial charge in [0.05, 0.1) is 37.9 Å². The first-order valence-corrected chi connectivity index (χ1v) is 10.9. The SMILES string of the molecule is COC(=O)Cn1c(=O)c2c3c(sc2n(CC(=O)N2CCOCC2)c1=O)COC(C)(C)C3. The molecular formula is C20H25N3O7S. The molecule has 0 saturated carbocycles. The molecule has 1 saturated heterocycles. The molecule has 0 spiro atoms. The molecular weight excluding hydrogens is 426 g/mol. The first-order chi connectivity index (χ1) is 14.7. The third-order valence-electron chi connectivity index (χ3n) is 5.61. The minimum atomic E-state index is -0.711. The number of aromatic nitrogens is 2. The summed E-state index contributed by atoms with van der Waals surface area (Å²) in [7, 11) is 1.19. The molecule has 0 atom stereocenters. The van der Waals surface area contributed by atoms with Gasteiger partial charge < -0.3 is 19.1 Å². The van der Waals surface area contributed by atoms with Gasteiger partial charge in [-0.15, -0.1) is 11.3 Å². The number of carbonyl (C=O) groups is 2. The van der Waals surface area contributed by atoms with Crippen LogP contribution >= 0.6 is 11.3 Å². The van der Waals surface area contributed by atoms with E-state index in [1.165, 1.54) is 23.0 Å². The van der Waals surface area contributed by atoms with Gasteiger partial charge in [0, 0.05) is 24.4 Å². The highest BCUT2D eigenvalue weighted by Gasteiger charge is 2.32. The maximum atomic E-state index is 13.3. The number of rotatable bonds is 4. The second-order valence-corrected chi connectivity index (χ2v) is 9.32. The summed E-state index contributed by atoms with van der Waals surface area (Å²) in [5, 5.41) is 0.370. The third kappa shape index (κ3) is 4.04. The van der Waals surface area contributed by atoms with Crippen LogP contribution in [0.5, 0.6) is 0 Å². The molecule has 0 unspecified atom stereocenters. The molecule has 2 aliphatic heterocycles. The molecule has 168 valence electrons. The van der Waals surface area contributed by atoms with Crippen molar-refractivity contribution in [2.24, 2.45) is 0 Å². The molecule has 0 bridgehead atoms. The number of hydrogen-bond acceptors (Lipinski definition) is 8. The Kier molecular flexibility index (Phi) is 5.75. The zero-order valence-electron chi connectivity index (χ0n) is 17.8. The van der Waals surface area contributed by atoms with E-state index in [9.17, 15) is 19.2 Å². The molecule has 0 aliphatic carbocycles. The number of fused-ring (bicyclic) bond motifs is 3. The van der Waals surface area contributed by atoms with Crippen molar-refractivity contribution in [2.45, 2.75) is 45.6 Å². The molecule has 31 heavy (non-hydrogen) atoms. The monoisotopic (exact) mass is 451 g/mol. The lowest BCUT2D eigenvalue weighted by Crippen LogP contribution is -2.46. The Bertz CT molecular complexity index is 1150. The van der Waals surface area contributed by atoms with Gasteiger partial charge in [-0.05, 0) is 19.4 Å². The average molecular weight is 452 g/mol. The first-order valence-electron chi connectivity index (χ1n) is 10.1.